The fourth-order valence-corrected chi connectivity index (χ4v) is 6.05. The van der Waals surface area contributed by atoms with Gasteiger partial charge in [0.15, 0.2) is 0 Å². The first-order valence-electron chi connectivity index (χ1n) is 9.22. The predicted octanol–water partition coefficient (Wildman–Crippen LogP) is 1.66. The average molecular weight is 389 g/mol. The Balaban J connectivity index is 1.73. The Bertz CT molecular complexity index is 1010. The van der Waals surface area contributed by atoms with E-state index in [4.69, 9.17) is 4.74 Å². The van der Waals surface area contributed by atoms with Crippen molar-refractivity contribution in [3.8, 4) is 5.75 Å². The highest BCUT2D eigenvalue weighted by atomic mass is 32.2. The van der Waals surface area contributed by atoms with Crippen LogP contribution in [-0.4, -0.2) is 41.9 Å². The molecule has 7 nitrogen and oxygen atoms in total. The number of hydrogen-bond donors (Lipinski definition) is 1. The van der Waals surface area contributed by atoms with Crippen LogP contribution in [0.3, 0.4) is 0 Å². The summed E-state index contributed by atoms with van der Waals surface area (Å²) in [6, 6.07) is 6.08. The summed E-state index contributed by atoms with van der Waals surface area (Å²) < 4.78 is 33.4. The minimum absolute atomic E-state index is 0.133. The molecule has 4 rings (SSSR count). The third-order valence-corrected chi connectivity index (χ3v) is 7.56. The van der Waals surface area contributed by atoms with Crippen molar-refractivity contribution in [3.05, 3.63) is 51.7 Å². The number of methoxy groups -OCH3 is 1. The number of fused-ring (bicyclic) bond motifs is 3. The number of aromatic nitrogens is 2. The lowest BCUT2D eigenvalue weighted by atomic mass is 9.98. The third-order valence-electron chi connectivity index (χ3n) is 5.54. The van der Waals surface area contributed by atoms with Crippen LogP contribution >= 0.6 is 0 Å². The molecular formula is C19H23N3O4S. The Labute approximate surface area is 158 Å². The van der Waals surface area contributed by atoms with E-state index in [-0.39, 0.29) is 22.5 Å². The first-order valence-corrected chi connectivity index (χ1v) is 10.7. The van der Waals surface area contributed by atoms with Gasteiger partial charge in [-0.3, -0.25) is 4.79 Å². The molecule has 2 unspecified atom stereocenters. The minimum Gasteiger partial charge on any atom is -0.497 e. The largest absolute Gasteiger partial charge is 0.497 e. The molecule has 8 heteroatoms. The molecular weight excluding hydrogens is 366 g/mol. The van der Waals surface area contributed by atoms with Gasteiger partial charge in [0.1, 0.15) is 11.6 Å². The highest BCUT2D eigenvalue weighted by Gasteiger charge is 2.45. The standard InChI is InChI=1S/C19H23N3O4S/c1-3-18-20-17-11-13-5-4-12(10-16(17)19(23)21-18)22(13)27(24,25)15-8-6-14(26-2)7-9-15/h6-9,12-13H,3-5,10-11H2,1-2H3,(H,20,21,23). The van der Waals surface area contributed by atoms with Crippen molar-refractivity contribution in [2.24, 2.45) is 0 Å². The lowest BCUT2D eigenvalue weighted by molar-refractivity contribution is 0.327. The van der Waals surface area contributed by atoms with Crippen LogP contribution in [0.2, 0.25) is 0 Å². The summed E-state index contributed by atoms with van der Waals surface area (Å²) in [5.41, 5.74) is 1.25. The van der Waals surface area contributed by atoms with E-state index in [9.17, 15) is 13.2 Å². The molecule has 0 saturated carbocycles. The first kappa shape index (κ1) is 18.2. The van der Waals surface area contributed by atoms with Crippen LogP contribution < -0.4 is 10.3 Å². The zero-order valence-corrected chi connectivity index (χ0v) is 16.3. The Morgan fingerprint density at radius 2 is 1.85 bits per heavy atom. The number of hydrogen-bond acceptors (Lipinski definition) is 5. The van der Waals surface area contributed by atoms with Gasteiger partial charge in [-0.1, -0.05) is 6.92 Å². The molecule has 3 heterocycles. The summed E-state index contributed by atoms with van der Waals surface area (Å²) in [5, 5.41) is 0. The van der Waals surface area contributed by atoms with Gasteiger partial charge in [0.2, 0.25) is 10.0 Å². The smallest absolute Gasteiger partial charge is 0.254 e. The summed E-state index contributed by atoms with van der Waals surface area (Å²) in [5.74, 6) is 1.27. The molecule has 0 radical (unpaired) electrons. The number of aryl methyl sites for hydroxylation is 1. The number of benzene rings is 1. The number of sulfonamides is 1. The quantitative estimate of drug-likeness (QED) is 0.859. The molecule has 1 saturated heterocycles. The summed E-state index contributed by atoms with van der Waals surface area (Å²) in [6.45, 7) is 1.94. The Hall–Kier alpha value is -2.19. The van der Waals surface area contributed by atoms with Gasteiger partial charge in [-0.2, -0.15) is 4.31 Å². The SMILES string of the molecule is CCc1nc2c(c(=O)[nH]1)CC1CCC(C2)N1S(=O)(=O)c1ccc(OC)cc1. The molecule has 2 aliphatic rings. The zero-order chi connectivity index (χ0) is 19.2. The second-order valence-corrected chi connectivity index (χ2v) is 8.94. The summed E-state index contributed by atoms with van der Waals surface area (Å²) in [6.07, 6.45) is 3.08. The average Bonchev–Trinajstić information content (AvgIpc) is 2.97. The van der Waals surface area contributed by atoms with Gasteiger partial charge in [-0.25, -0.2) is 13.4 Å². The van der Waals surface area contributed by atoms with Gasteiger partial charge in [-0.15, -0.1) is 0 Å². The third kappa shape index (κ3) is 3.06. The Morgan fingerprint density at radius 3 is 2.48 bits per heavy atom. The molecule has 0 amide bonds. The van der Waals surface area contributed by atoms with Crippen LogP contribution in [-0.2, 0) is 29.3 Å². The van der Waals surface area contributed by atoms with E-state index in [0.717, 1.165) is 18.5 Å². The summed E-state index contributed by atoms with van der Waals surface area (Å²) in [4.78, 5) is 20.2. The van der Waals surface area contributed by atoms with Crippen LogP contribution in [0.15, 0.2) is 34.0 Å². The predicted molar refractivity (Wildman–Crippen MR) is 100 cm³/mol. The van der Waals surface area contributed by atoms with E-state index < -0.39 is 10.0 Å². The van der Waals surface area contributed by atoms with Crippen molar-refractivity contribution >= 4 is 10.0 Å². The molecule has 2 aliphatic heterocycles. The van der Waals surface area contributed by atoms with Crippen molar-refractivity contribution in [3.63, 3.8) is 0 Å². The molecule has 2 atom stereocenters. The molecule has 1 fully saturated rings. The maximum atomic E-state index is 13.3. The van der Waals surface area contributed by atoms with Crippen molar-refractivity contribution in [2.75, 3.05) is 7.11 Å². The van der Waals surface area contributed by atoms with E-state index >= 15 is 0 Å². The van der Waals surface area contributed by atoms with Gasteiger partial charge >= 0.3 is 0 Å². The number of aromatic amines is 1. The normalized spacial score (nSPS) is 22.3. The van der Waals surface area contributed by atoms with E-state index in [1.807, 2.05) is 6.92 Å². The highest BCUT2D eigenvalue weighted by molar-refractivity contribution is 7.89. The molecule has 1 aromatic carbocycles. The highest BCUT2D eigenvalue weighted by Crippen LogP contribution is 2.37. The van der Waals surface area contributed by atoms with Crippen molar-refractivity contribution in [1.82, 2.24) is 14.3 Å². The molecule has 2 bridgehead atoms. The van der Waals surface area contributed by atoms with Crippen LogP contribution in [0, 0.1) is 0 Å². The molecule has 27 heavy (non-hydrogen) atoms. The maximum Gasteiger partial charge on any atom is 0.254 e. The van der Waals surface area contributed by atoms with Gasteiger partial charge in [0, 0.05) is 30.5 Å². The first-order chi connectivity index (χ1) is 12.9. The number of nitrogens with zero attached hydrogens (tertiary/aromatic N) is 2. The monoisotopic (exact) mass is 389 g/mol. The summed E-state index contributed by atoms with van der Waals surface area (Å²) >= 11 is 0. The topological polar surface area (TPSA) is 92.4 Å². The molecule has 2 aromatic rings. The van der Waals surface area contributed by atoms with Crippen LogP contribution in [0.5, 0.6) is 5.75 Å². The lowest BCUT2D eigenvalue weighted by Crippen LogP contribution is -2.41. The number of nitrogens with one attached hydrogen (secondary N) is 1. The zero-order valence-electron chi connectivity index (χ0n) is 15.4. The van der Waals surface area contributed by atoms with Crippen molar-refractivity contribution in [2.45, 2.75) is 56.0 Å². The van der Waals surface area contributed by atoms with E-state index in [0.29, 0.717) is 36.4 Å². The van der Waals surface area contributed by atoms with Crippen LogP contribution in [0.4, 0.5) is 0 Å². The summed E-state index contributed by atoms with van der Waals surface area (Å²) in [7, 11) is -2.11. The Kier molecular flexibility index (Phi) is 4.55. The Morgan fingerprint density at radius 1 is 1.19 bits per heavy atom. The molecule has 0 aliphatic carbocycles. The fraction of sp³-hybridized carbons (Fsp3) is 0.474. The van der Waals surface area contributed by atoms with Crippen molar-refractivity contribution < 1.29 is 13.2 Å². The molecule has 0 spiro atoms. The van der Waals surface area contributed by atoms with E-state index in [2.05, 4.69) is 9.97 Å². The molecule has 144 valence electrons. The number of rotatable bonds is 4. The molecule has 1 N–H and O–H groups in total. The van der Waals surface area contributed by atoms with Gasteiger partial charge in [-0.05, 0) is 43.5 Å². The fourth-order valence-electron chi connectivity index (χ4n) is 4.18. The second kappa shape index (κ2) is 6.76. The van der Waals surface area contributed by atoms with Gasteiger partial charge < -0.3 is 9.72 Å². The van der Waals surface area contributed by atoms with Gasteiger partial charge in [0.25, 0.3) is 5.56 Å². The van der Waals surface area contributed by atoms with Crippen LogP contribution in [0.1, 0.15) is 36.8 Å². The van der Waals surface area contributed by atoms with Crippen molar-refractivity contribution in [1.29, 1.82) is 0 Å². The van der Waals surface area contributed by atoms with E-state index in [1.165, 1.54) is 0 Å². The molecule has 1 aromatic heterocycles. The maximum absolute atomic E-state index is 13.3. The minimum atomic E-state index is -3.65. The van der Waals surface area contributed by atoms with E-state index in [1.54, 1.807) is 35.7 Å². The van der Waals surface area contributed by atoms with Crippen LogP contribution in [0.25, 0.3) is 0 Å². The second-order valence-electron chi connectivity index (χ2n) is 7.10. The lowest BCUT2D eigenvalue weighted by Gasteiger charge is -2.27. The van der Waals surface area contributed by atoms with Gasteiger partial charge in [0.05, 0.1) is 17.7 Å². The number of ether oxygens (including phenoxy) is 1. The number of H-pyrrole nitrogens is 1.